The zero-order valence-corrected chi connectivity index (χ0v) is 14.3. The van der Waals surface area contributed by atoms with Crippen LogP contribution >= 0.6 is 0 Å². The van der Waals surface area contributed by atoms with Gasteiger partial charge >= 0.3 is 6.18 Å². The molecule has 0 saturated heterocycles. The molecule has 2 aromatic carbocycles. The first-order valence-corrected chi connectivity index (χ1v) is 8.17. The fourth-order valence-corrected chi connectivity index (χ4v) is 2.65. The predicted molar refractivity (Wildman–Crippen MR) is 91.1 cm³/mol. The highest BCUT2D eigenvalue weighted by atomic mass is 19.4. The second kappa shape index (κ2) is 8.25. The standard InChI is InChI=1S/C19H22F3NO2/c1-3-24-17-10-7-14(11-18(17)25-4-2)16(12-23)13-5-8-15(9-6-13)19(20,21)22/h5-11,16H,3-4,12,23H2,1-2H3. The highest BCUT2D eigenvalue weighted by Crippen LogP contribution is 2.35. The molecule has 0 saturated carbocycles. The topological polar surface area (TPSA) is 44.5 Å². The Morgan fingerprint density at radius 1 is 0.880 bits per heavy atom. The van der Waals surface area contributed by atoms with E-state index in [9.17, 15) is 13.2 Å². The van der Waals surface area contributed by atoms with E-state index < -0.39 is 11.7 Å². The largest absolute Gasteiger partial charge is 0.490 e. The van der Waals surface area contributed by atoms with Gasteiger partial charge in [-0.1, -0.05) is 18.2 Å². The van der Waals surface area contributed by atoms with Gasteiger partial charge < -0.3 is 15.2 Å². The van der Waals surface area contributed by atoms with Gasteiger partial charge in [-0.3, -0.25) is 0 Å². The number of rotatable bonds is 7. The Kier molecular flexibility index (Phi) is 6.31. The van der Waals surface area contributed by atoms with Crippen molar-refractivity contribution < 1.29 is 22.6 Å². The van der Waals surface area contributed by atoms with Gasteiger partial charge in [-0.15, -0.1) is 0 Å². The summed E-state index contributed by atoms with van der Waals surface area (Å²) in [6, 6.07) is 10.6. The first-order chi connectivity index (χ1) is 11.9. The van der Waals surface area contributed by atoms with Crippen LogP contribution in [0.2, 0.25) is 0 Å². The smallest absolute Gasteiger partial charge is 0.416 e. The molecule has 136 valence electrons. The van der Waals surface area contributed by atoms with Gasteiger partial charge in [0.05, 0.1) is 18.8 Å². The van der Waals surface area contributed by atoms with Gasteiger partial charge in [0.15, 0.2) is 11.5 Å². The van der Waals surface area contributed by atoms with E-state index in [0.717, 1.165) is 23.3 Å². The summed E-state index contributed by atoms with van der Waals surface area (Å²) in [7, 11) is 0. The lowest BCUT2D eigenvalue weighted by Gasteiger charge is -2.19. The van der Waals surface area contributed by atoms with Crippen LogP contribution in [-0.4, -0.2) is 19.8 Å². The van der Waals surface area contributed by atoms with E-state index in [4.69, 9.17) is 15.2 Å². The van der Waals surface area contributed by atoms with Crippen LogP contribution in [0, 0.1) is 0 Å². The van der Waals surface area contributed by atoms with Gasteiger partial charge in [0.2, 0.25) is 0 Å². The number of nitrogens with two attached hydrogens (primary N) is 1. The number of ether oxygens (including phenoxy) is 2. The van der Waals surface area contributed by atoms with Gasteiger partial charge in [0, 0.05) is 12.5 Å². The average Bonchev–Trinajstić information content (AvgIpc) is 2.58. The number of alkyl halides is 3. The third kappa shape index (κ3) is 4.66. The van der Waals surface area contributed by atoms with E-state index >= 15 is 0 Å². The molecule has 2 N–H and O–H groups in total. The second-order valence-electron chi connectivity index (χ2n) is 5.48. The van der Waals surface area contributed by atoms with Crippen LogP contribution in [0.4, 0.5) is 13.2 Å². The lowest BCUT2D eigenvalue weighted by molar-refractivity contribution is -0.137. The molecule has 3 nitrogen and oxygen atoms in total. The summed E-state index contributed by atoms with van der Waals surface area (Å²) in [6.07, 6.45) is -4.35. The Labute approximate surface area is 145 Å². The average molecular weight is 353 g/mol. The molecule has 0 fully saturated rings. The fraction of sp³-hybridized carbons (Fsp3) is 0.368. The van der Waals surface area contributed by atoms with Crippen LogP contribution in [-0.2, 0) is 6.18 Å². The lowest BCUT2D eigenvalue weighted by atomic mass is 9.90. The van der Waals surface area contributed by atoms with E-state index in [2.05, 4.69) is 0 Å². The molecule has 0 radical (unpaired) electrons. The first-order valence-electron chi connectivity index (χ1n) is 8.17. The molecule has 25 heavy (non-hydrogen) atoms. The third-order valence-corrected chi connectivity index (χ3v) is 3.85. The molecular formula is C19H22F3NO2. The molecule has 6 heteroatoms. The molecule has 0 aromatic heterocycles. The summed E-state index contributed by atoms with van der Waals surface area (Å²) in [6.45, 7) is 5.02. The number of benzene rings is 2. The van der Waals surface area contributed by atoms with E-state index in [1.54, 1.807) is 6.07 Å². The summed E-state index contributed by atoms with van der Waals surface area (Å²) in [5.74, 6) is 1.01. The van der Waals surface area contributed by atoms with E-state index in [-0.39, 0.29) is 12.5 Å². The van der Waals surface area contributed by atoms with Gasteiger partial charge in [-0.05, 0) is 49.2 Å². The third-order valence-electron chi connectivity index (χ3n) is 3.85. The second-order valence-corrected chi connectivity index (χ2v) is 5.48. The molecule has 1 unspecified atom stereocenters. The van der Waals surface area contributed by atoms with Gasteiger partial charge in [0.1, 0.15) is 0 Å². The van der Waals surface area contributed by atoms with E-state index in [1.165, 1.54) is 12.1 Å². The van der Waals surface area contributed by atoms with Gasteiger partial charge in [-0.25, -0.2) is 0 Å². The van der Waals surface area contributed by atoms with Crippen LogP contribution in [0.15, 0.2) is 42.5 Å². The van der Waals surface area contributed by atoms with Crippen molar-refractivity contribution in [2.75, 3.05) is 19.8 Å². The fourth-order valence-electron chi connectivity index (χ4n) is 2.65. The molecule has 2 aromatic rings. The van der Waals surface area contributed by atoms with Crippen LogP contribution in [0.1, 0.15) is 36.5 Å². The molecule has 0 heterocycles. The van der Waals surface area contributed by atoms with E-state index in [0.29, 0.717) is 24.7 Å². The van der Waals surface area contributed by atoms with Gasteiger partial charge in [-0.2, -0.15) is 13.2 Å². The monoisotopic (exact) mass is 353 g/mol. The van der Waals surface area contributed by atoms with Crippen molar-refractivity contribution in [2.45, 2.75) is 25.9 Å². The number of hydrogen-bond donors (Lipinski definition) is 1. The van der Waals surface area contributed by atoms with Crippen molar-refractivity contribution in [1.29, 1.82) is 0 Å². The quantitative estimate of drug-likeness (QED) is 0.792. The van der Waals surface area contributed by atoms with Gasteiger partial charge in [0.25, 0.3) is 0 Å². The van der Waals surface area contributed by atoms with Crippen LogP contribution in [0.5, 0.6) is 11.5 Å². The van der Waals surface area contributed by atoms with Crippen molar-refractivity contribution in [2.24, 2.45) is 5.73 Å². The zero-order valence-electron chi connectivity index (χ0n) is 14.3. The predicted octanol–water partition coefficient (Wildman–Crippen LogP) is 4.59. The van der Waals surface area contributed by atoms with Crippen molar-refractivity contribution in [3.05, 3.63) is 59.2 Å². The van der Waals surface area contributed by atoms with Crippen molar-refractivity contribution in [3.8, 4) is 11.5 Å². The highest BCUT2D eigenvalue weighted by molar-refractivity contribution is 5.46. The molecule has 0 spiro atoms. The first kappa shape index (κ1) is 19.1. The maximum Gasteiger partial charge on any atom is 0.416 e. The Morgan fingerprint density at radius 3 is 1.96 bits per heavy atom. The summed E-state index contributed by atoms with van der Waals surface area (Å²) < 4.78 is 49.3. The molecule has 2 rings (SSSR count). The van der Waals surface area contributed by atoms with Crippen molar-refractivity contribution >= 4 is 0 Å². The minimum Gasteiger partial charge on any atom is -0.490 e. The van der Waals surface area contributed by atoms with E-state index in [1.807, 2.05) is 26.0 Å². The maximum absolute atomic E-state index is 12.7. The maximum atomic E-state index is 12.7. The Bertz CT molecular complexity index is 684. The molecule has 0 aliphatic rings. The van der Waals surface area contributed by atoms with Crippen molar-refractivity contribution in [1.82, 2.24) is 0 Å². The van der Waals surface area contributed by atoms with Crippen LogP contribution in [0.3, 0.4) is 0 Å². The lowest BCUT2D eigenvalue weighted by Crippen LogP contribution is -2.15. The van der Waals surface area contributed by atoms with Crippen molar-refractivity contribution in [3.63, 3.8) is 0 Å². The van der Waals surface area contributed by atoms with Crippen LogP contribution < -0.4 is 15.2 Å². The SMILES string of the molecule is CCOc1ccc(C(CN)c2ccc(C(F)(F)F)cc2)cc1OCC. The van der Waals surface area contributed by atoms with Crippen LogP contribution in [0.25, 0.3) is 0 Å². The Hall–Kier alpha value is -2.21. The summed E-state index contributed by atoms with van der Waals surface area (Å²) in [4.78, 5) is 0. The summed E-state index contributed by atoms with van der Waals surface area (Å²) in [5.41, 5.74) is 6.81. The minimum atomic E-state index is -4.35. The number of halogens is 3. The molecule has 0 aliphatic heterocycles. The molecular weight excluding hydrogens is 331 g/mol. The zero-order chi connectivity index (χ0) is 18.4. The Morgan fingerprint density at radius 2 is 1.44 bits per heavy atom. The molecule has 1 atom stereocenters. The Balaban J connectivity index is 2.35. The normalized spacial score (nSPS) is 12.7. The summed E-state index contributed by atoms with van der Waals surface area (Å²) >= 11 is 0. The summed E-state index contributed by atoms with van der Waals surface area (Å²) in [5, 5.41) is 0. The minimum absolute atomic E-state index is 0.225. The molecule has 0 aliphatic carbocycles. The molecule has 0 amide bonds. The molecule has 0 bridgehead atoms. The number of hydrogen-bond acceptors (Lipinski definition) is 3. The highest BCUT2D eigenvalue weighted by Gasteiger charge is 2.30.